The lowest BCUT2D eigenvalue weighted by Gasteiger charge is -2.11. The molecule has 154 valence electrons. The minimum absolute atomic E-state index is 0.0514. The maximum absolute atomic E-state index is 12.4. The number of sulfonamides is 1. The number of halogens is 1. The quantitative estimate of drug-likeness (QED) is 0.403. The fraction of sp³-hybridized carbons (Fsp3) is 0.316. The van der Waals surface area contributed by atoms with E-state index in [2.05, 4.69) is 9.46 Å². The van der Waals surface area contributed by atoms with Crippen LogP contribution in [0, 0.1) is 16.0 Å². The van der Waals surface area contributed by atoms with Gasteiger partial charge >= 0.3 is 5.97 Å². The molecule has 0 amide bonds. The third-order valence-electron chi connectivity index (χ3n) is 4.84. The molecule has 0 aromatic heterocycles. The van der Waals surface area contributed by atoms with Crippen molar-refractivity contribution >= 4 is 33.3 Å². The van der Waals surface area contributed by atoms with E-state index < -0.39 is 20.9 Å². The van der Waals surface area contributed by atoms with E-state index in [0.717, 1.165) is 5.56 Å². The molecule has 1 aliphatic carbocycles. The summed E-state index contributed by atoms with van der Waals surface area (Å²) >= 11 is 5.79. The number of nitrogens with one attached hydrogen (secondary N) is 1. The minimum atomic E-state index is -3.71. The average Bonchev–Trinajstić information content (AvgIpc) is 3.09. The van der Waals surface area contributed by atoms with E-state index in [1.54, 1.807) is 6.07 Å². The van der Waals surface area contributed by atoms with Crippen LogP contribution in [0.4, 0.5) is 5.69 Å². The van der Waals surface area contributed by atoms with Gasteiger partial charge in [-0.15, -0.1) is 0 Å². The van der Waals surface area contributed by atoms with Gasteiger partial charge < -0.3 is 4.74 Å². The predicted molar refractivity (Wildman–Crippen MR) is 106 cm³/mol. The highest BCUT2D eigenvalue weighted by Crippen LogP contribution is 2.35. The molecule has 1 unspecified atom stereocenters. The van der Waals surface area contributed by atoms with Gasteiger partial charge in [0, 0.05) is 23.2 Å². The Balaban J connectivity index is 1.75. The molecular weight excluding hydrogens is 420 g/mol. The highest BCUT2D eigenvalue weighted by atomic mass is 35.5. The molecule has 0 saturated carbocycles. The fourth-order valence-electron chi connectivity index (χ4n) is 3.44. The van der Waals surface area contributed by atoms with Crippen LogP contribution in [0.15, 0.2) is 41.3 Å². The number of hydrogen-bond acceptors (Lipinski definition) is 6. The topological polar surface area (TPSA) is 116 Å². The number of carbonyl (C=O) groups is 1. The van der Waals surface area contributed by atoms with Gasteiger partial charge in [0.15, 0.2) is 0 Å². The zero-order valence-corrected chi connectivity index (χ0v) is 17.1. The van der Waals surface area contributed by atoms with Crippen molar-refractivity contribution in [3.63, 3.8) is 0 Å². The van der Waals surface area contributed by atoms with Crippen molar-refractivity contribution in [3.8, 4) is 0 Å². The number of esters is 1. The van der Waals surface area contributed by atoms with Gasteiger partial charge in [-0.1, -0.05) is 17.7 Å². The van der Waals surface area contributed by atoms with Crippen LogP contribution in [0.2, 0.25) is 5.02 Å². The molecule has 3 rings (SSSR count). The molecule has 1 atom stereocenters. The van der Waals surface area contributed by atoms with E-state index in [0.29, 0.717) is 29.0 Å². The molecule has 8 nitrogen and oxygen atoms in total. The second-order valence-electron chi connectivity index (χ2n) is 6.84. The average molecular weight is 439 g/mol. The number of benzene rings is 2. The van der Waals surface area contributed by atoms with Crippen LogP contribution in [0.1, 0.15) is 16.7 Å². The number of fused-ring (bicyclic) bond motifs is 1. The normalized spacial score (nSPS) is 15.7. The maximum Gasteiger partial charge on any atom is 0.309 e. The highest BCUT2D eigenvalue weighted by molar-refractivity contribution is 7.89. The SMILES string of the molecule is COC(=O)Cc1cc2c(c([N+](=O)[O-])c1)CC(CNS(=O)(=O)c1ccc(Cl)cc1)C2. The first kappa shape index (κ1) is 21.2. The van der Waals surface area contributed by atoms with E-state index in [1.807, 2.05) is 0 Å². The third kappa shape index (κ3) is 4.92. The van der Waals surface area contributed by atoms with Crippen molar-refractivity contribution in [3.05, 3.63) is 68.2 Å². The molecule has 0 aliphatic heterocycles. The van der Waals surface area contributed by atoms with E-state index >= 15 is 0 Å². The van der Waals surface area contributed by atoms with Crippen LogP contribution in [-0.2, 0) is 38.8 Å². The summed E-state index contributed by atoms with van der Waals surface area (Å²) in [6.45, 7) is 0.142. The van der Waals surface area contributed by atoms with Crippen LogP contribution in [-0.4, -0.2) is 33.0 Å². The second kappa shape index (κ2) is 8.48. The molecule has 1 aliphatic rings. The Morgan fingerprint density at radius 3 is 2.59 bits per heavy atom. The Morgan fingerprint density at radius 2 is 1.97 bits per heavy atom. The third-order valence-corrected chi connectivity index (χ3v) is 6.53. The van der Waals surface area contributed by atoms with Crippen molar-refractivity contribution in [1.29, 1.82) is 0 Å². The van der Waals surface area contributed by atoms with Gasteiger partial charge in [-0.3, -0.25) is 14.9 Å². The molecule has 0 heterocycles. The number of nitrogens with zero attached hydrogens (tertiary/aromatic N) is 1. The lowest BCUT2D eigenvalue weighted by Crippen LogP contribution is -2.29. The molecule has 2 aromatic carbocycles. The number of methoxy groups -OCH3 is 1. The molecule has 10 heteroatoms. The Labute approximate surface area is 173 Å². The molecular formula is C19H19ClN2O6S. The molecule has 1 N–H and O–H groups in total. The summed E-state index contributed by atoms with van der Waals surface area (Å²) in [6.07, 6.45) is 0.806. The van der Waals surface area contributed by atoms with Crippen molar-refractivity contribution in [2.24, 2.45) is 5.92 Å². The van der Waals surface area contributed by atoms with Crippen LogP contribution in [0.5, 0.6) is 0 Å². The number of nitro benzene ring substituents is 1. The molecule has 0 spiro atoms. The number of rotatable bonds is 7. The van der Waals surface area contributed by atoms with Gasteiger partial charge in [-0.25, -0.2) is 13.1 Å². The van der Waals surface area contributed by atoms with Crippen LogP contribution in [0.25, 0.3) is 0 Å². The van der Waals surface area contributed by atoms with Gasteiger partial charge in [0.1, 0.15) is 0 Å². The first-order chi connectivity index (χ1) is 13.7. The highest BCUT2D eigenvalue weighted by Gasteiger charge is 2.30. The summed E-state index contributed by atoms with van der Waals surface area (Å²) in [7, 11) is -2.45. The summed E-state index contributed by atoms with van der Waals surface area (Å²) in [5.41, 5.74) is 1.79. The molecule has 0 bridgehead atoms. The lowest BCUT2D eigenvalue weighted by atomic mass is 10.0. The summed E-state index contributed by atoms with van der Waals surface area (Å²) in [4.78, 5) is 22.6. The Hall–Kier alpha value is -2.49. The van der Waals surface area contributed by atoms with Gasteiger partial charge in [0.05, 0.1) is 23.3 Å². The first-order valence-corrected chi connectivity index (χ1v) is 10.7. The molecule has 29 heavy (non-hydrogen) atoms. The lowest BCUT2D eigenvalue weighted by molar-refractivity contribution is -0.385. The van der Waals surface area contributed by atoms with E-state index in [1.165, 1.54) is 37.4 Å². The second-order valence-corrected chi connectivity index (χ2v) is 9.05. The summed E-state index contributed by atoms with van der Waals surface area (Å²) in [6, 6.07) is 8.96. The van der Waals surface area contributed by atoms with Crippen LogP contribution in [0.3, 0.4) is 0 Å². The van der Waals surface area contributed by atoms with Gasteiger partial charge in [0.2, 0.25) is 10.0 Å². The van der Waals surface area contributed by atoms with Gasteiger partial charge in [-0.05, 0) is 54.2 Å². The number of carbonyl (C=O) groups excluding carboxylic acids is 1. The minimum Gasteiger partial charge on any atom is -0.469 e. The Morgan fingerprint density at radius 1 is 1.28 bits per heavy atom. The van der Waals surface area contributed by atoms with Gasteiger partial charge in [0.25, 0.3) is 5.69 Å². The first-order valence-electron chi connectivity index (χ1n) is 8.80. The van der Waals surface area contributed by atoms with Crippen LogP contribution < -0.4 is 4.72 Å². The summed E-state index contributed by atoms with van der Waals surface area (Å²) in [5.74, 6) is -0.608. The number of ether oxygens (including phenoxy) is 1. The zero-order chi connectivity index (χ0) is 21.2. The van der Waals surface area contributed by atoms with Crippen molar-refractivity contribution in [2.75, 3.05) is 13.7 Å². The molecule has 0 radical (unpaired) electrons. The summed E-state index contributed by atoms with van der Waals surface area (Å²) < 4.78 is 32.1. The molecule has 0 fully saturated rings. The largest absolute Gasteiger partial charge is 0.469 e. The van der Waals surface area contributed by atoms with Crippen LogP contribution >= 0.6 is 11.6 Å². The van der Waals surface area contributed by atoms with Crippen molar-refractivity contribution in [2.45, 2.75) is 24.2 Å². The maximum atomic E-state index is 12.4. The summed E-state index contributed by atoms with van der Waals surface area (Å²) in [5, 5.41) is 11.9. The number of hydrogen-bond donors (Lipinski definition) is 1. The molecule has 0 saturated heterocycles. The van der Waals surface area contributed by atoms with E-state index in [4.69, 9.17) is 11.6 Å². The van der Waals surface area contributed by atoms with E-state index in [-0.39, 0.29) is 29.5 Å². The smallest absolute Gasteiger partial charge is 0.309 e. The molecule has 2 aromatic rings. The standard InChI is InChI=1S/C19H19ClN2O6S/c1-28-19(23)10-12-6-14-7-13(8-17(14)18(9-12)22(24)25)11-21-29(26,27)16-4-2-15(20)3-5-16/h2-6,9,13,21H,7-8,10-11H2,1H3. The Bertz CT molecular complexity index is 1050. The predicted octanol–water partition coefficient (Wildman–Crippen LogP) is 2.66. The fourth-order valence-corrected chi connectivity index (χ4v) is 4.68. The van der Waals surface area contributed by atoms with E-state index in [9.17, 15) is 23.3 Å². The van der Waals surface area contributed by atoms with Gasteiger partial charge in [-0.2, -0.15) is 0 Å². The Kier molecular flexibility index (Phi) is 6.21. The zero-order valence-electron chi connectivity index (χ0n) is 15.6. The van der Waals surface area contributed by atoms with Crippen molar-refractivity contribution < 1.29 is 22.9 Å². The monoisotopic (exact) mass is 438 g/mol. The number of nitro groups is 1. The van der Waals surface area contributed by atoms with Crippen molar-refractivity contribution in [1.82, 2.24) is 4.72 Å².